The Labute approximate surface area is 231 Å². The number of methoxy groups -OCH3 is 3. The first-order valence-corrected chi connectivity index (χ1v) is 12.2. The van der Waals surface area contributed by atoms with E-state index in [2.05, 4.69) is 10.6 Å². The van der Waals surface area contributed by atoms with E-state index in [1.54, 1.807) is 72.8 Å². The number of nitrogens with zero attached hydrogens (tertiary/aromatic N) is 1. The highest BCUT2D eigenvalue weighted by Crippen LogP contribution is 2.33. The summed E-state index contributed by atoms with van der Waals surface area (Å²) < 4.78 is 15.9. The van der Waals surface area contributed by atoms with Crippen LogP contribution in [0.25, 0.3) is 0 Å². The minimum atomic E-state index is -0.443. The number of phenolic OH excluding ortho intramolecular Hbond substituents is 1. The van der Waals surface area contributed by atoms with Crippen LogP contribution in [0, 0.1) is 0 Å². The average molecular weight is 543 g/mol. The van der Waals surface area contributed by atoms with Crippen molar-refractivity contribution < 1.29 is 28.9 Å². The predicted molar refractivity (Wildman–Crippen MR) is 155 cm³/mol. The number of hydrogen-bond acceptors (Lipinski definition) is 7. The van der Waals surface area contributed by atoms with Crippen LogP contribution >= 0.6 is 0 Å². The van der Waals surface area contributed by atoms with Crippen LogP contribution in [0.2, 0.25) is 0 Å². The molecule has 0 unspecified atom stereocenters. The summed E-state index contributed by atoms with van der Waals surface area (Å²) in [6.45, 7) is 0.171. The van der Waals surface area contributed by atoms with E-state index in [9.17, 15) is 14.7 Å². The number of rotatable bonds is 9. The summed E-state index contributed by atoms with van der Waals surface area (Å²) >= 11 is 0. The zero-order chi connectivity index (χ0) is 28.6. The molecular formula is C30H30N4O6. The zero-order valence-corrected chi connectivity index (χ0v) is 22.3. The van der Waals surface area contributed by atoms with E-state index in [4.69, 9.17) is 19.9 Å². The summed E-state index contributed by atoms with van der Waals surface area (Å²) in [5, 5.41) is 15.5. The maximum absolute atomic E-state index is 13.5. The van der Waals surface area contributed by atoms with Crippen LogP contribution in [-0.2, 0) is 6.54 Å². The molecule has 10 nitrogen and oxygen atoms in total. The van der Waals surface area contributed by atoms with Gasteiger partial charge in [0.15, 0.2) is 23.0 Å². The molecule has 0 saturated carbocycles. The van der Waals surface area contributed by atoms with Crippen LogP contribution in [0.3, 0.4) is 0 Å². The van der Waals surface area contributed by atoms with E-state index in [0.717, 1.165) is 5.56 Å². The van der Waals surface area contributed by atoms with Crippen molar-refractivity contribution in [1.82, 2.24) is 0 Å². The van der Waals surface area contributed by atoms with E-state index >= 15 is 0 Å². The molecule has 10 heteroatoms. The number of anilines is 4. The van der Waals surface area contributed by atoms with Crippen LogP contribution in [0.5, 0.6) is 23.0 Å². The van der Waals surface area contributed by atoms with Gasteiger partial charge in [-0.2, -0.15) is 0 Å². The number of phenols is 1. The van der Waals surface area contributed by atoms with Crippen molar-refractivity contribution in [3.8, 4) is 23.0 Å². The van der Waals surface area contributed by atoms with Gasteiger partial charge in [-0.1, -0.05) is 24.3 Å². The molecule has 0 atom stereocenters. The molecule has 0 heterocycles. The van der Waals surface area contributed by atoms with Gasteiger partial charge in [0, 0.05) is 29.1 Å². The lowest BCUT2D eigenvalue weighted by Crippen LogP contribution is -2.34. The van der Waals surface area contributed by atoms with E-state index in [-0.39, 0.29) is 24.0 Å². The topological polar surface area (TPSA) is 135 Å². The Morgan fingerprint density at radius 1 is 0.800 bits per heavy atom. The lowest BCUT2D eigenvalue weighted by atomic mass is 10.1. The maximum atomic E-state index is 13.5. The third-order valence-corrected chi connectivity index (χ3v) is 6.12. The number of para-hydroxylation sites is 2. The molecule has 0 aliphatic heterocycles. The SMILES string of the molecule is COc1cc(NC(=O)N(Cc2ccc(C(=O)Nc3ccccc3N)cc2)c2ccc(OC)c(OC)c2)ccc1O. The largest absolute Gasteiger partial charge is 0.504 e. The molecule has 4 rings (SSSR count). The first-order chi connectivity index (χ1) is 19.3. The van der Waals surface area contributed by atoms with Gasteiger partial charge in [-0.25, -0.2) is 4.79 Å². The summed E-state index contributed by atoms with van der Waals surface area (Å²) in [6, 6.07) is 23.1. The van der Waals surface area contributed by atoms with Gasteiger partial charge in [0.1, 0.15) is 0 Å². The predicted octanol–water partition coefficient (Wildman–Crippen LogP) is 5.49. The Bertz CT molecular complexity index is 1510. The molecule has 0 bridgehead atoms. The van der Waals surface area contributed by atoms with Crippen molar-refractivity contribution in [2.45, 2.75) is 6.54 Å². The molecule has 0 aliphatic carbocycles. The van der Waals surface area contributed by atoms with Crippen molar-refractivity contribution >= 4 is 34.7 Å². The molecule has 3 amide bonds. The van der Waals surface area contributed by atoms with Crippen molar-refractivity contribution in [1.29, 1.82) is 0 Å². The van der Waals surface area contributed by atoms with Crippen LogP contribution in [0.4, 0.5) is 27.5 Å². The second kappa shape index (κ2) is 12.4. The van der Waals surface area contributed by atoms with Gasteiger partial charge in [-0.15, -0.1) is 0 Å². The number of urea groups is 1. The van der Waals surface area contributed by atoms with Crippen LogP contribution in [0.1, 0.15) is 15.9 Å². The Morgan fingerprint density at radius 2 is 1.50 bits per heavy atom. The fourth-order valence-electron chi connectivity index (χ4n) is 3.97. The van der Waals surface area contributed by atoms with E-state index in [1.165, 1.54) is 38.4 Å². The Hall–Kier alpha value is -5.38. The molecule has 4 aromatic rings. The molecular weight excluding hydrogens is 512 g/mol. The van der Waals surface area contributed by atoms with Gasteiger partial charge in [-0.3, -0.25) is 9.69 Å². The van der Waals surface area contributed by atoms with Gasteiger partial charge >= 0.3 is 6.03 Å². The maximum Gasteiger partial charge on any atom is 0.326 e. The van der Waals surface area contributed by atoms with Gasteiger partial charge in [0.25, 0.3) is 5.91 Å². The van der Waals surface area contributed by atoms with Gasteiger partial charge < -0.3 is 35.7 Å². The molecule has 206 valence electrons. The Morgan fingerprint density at radius 3 is 2.17 bits per heavy atom. The number of hydrogen-bond donors (Lipinski definition) is 4. The highest BCUT2D eigenvalue weighted by Gasteiger charge is 2.20. The third-order valence-electron chi connectivity index (χ3n) is 6.12. The molecule has 0 aliphatic rings. The summed E-state index contributed by atoms with van der Waals surface area (Å²) in [5.41, 5.74) is 9.10. The first kappa shape index (κ1) is 27.6. The lowest BCUT2D eigenvalue weighted by molar-refractivity contribution is 0.102. The van der Waals surface area contributed by atoms with Crippen molar-refractivity contribution in [2.24, 2.45) is 0 Å². The van der Waals surface area contributed by atoms with Crippen molar-refractivity contribution in [3.63, 3.8) is 0 Å². The van der Waals surface area contributed by atoms with E-state index < -0.39 is 6.03 Å². The van der Waals surface area contributed by atoms with Gasteiger partial charge in [0.2, 0.25) is 0 Å². The molecule has 5 N–H and O–H groups in total. The Kier molecular flexibility index (Phi) is 8.60. The minimum absolute atomic E-state index is 0.0451. The van der Waals surface area contributed by atoms with Crippen molar-refractivity contribution in [2.75, 3.05) is 42.6 Å². The van der Waals surface area contributed by atoms with Crippen LogP contribution in [-0.4, -0.2) is 38.4 Å². The number of amides is 3. The minimum Gasteiger partial charge on any atom is -0.504 e. The smallest absolute Gasteiger partial charge is 0.326 e. The monoisotopic (exact) mass is 542 g/mol. The number of nitrogen functional groups attached to an aromatic ring is 1. The molecule has 0 radical (unpaired) electrons. The molecule has 0 saturated heterocycles. The van der Waals surface area contributed by atoms with E-state index in [0.29, 0.717) is 39.8 Å². The molecule has 0 fully saturated rings. The number of carbonyl (C=O) groups is 2. The number of ether oxygens (including phenoxy) is 3. The molecule has 0 aromatic heterocycles. The molecule has 40 heavy (non-hydrogen) atoms. The summed E-state index contributed by atoms with van der Waals surface area (Å²) in [5.74, 6) is 0.846. The number of nitrogens with one attached hydrogen (secondary N) is 2. The summed E-state index contributed by atoms with van der Waals surface area (Å²) in [4.78, 5) is 27.8. The molecule has 4 aromatic carbocycles. The Balaban J connectivity index is 1.59. The highest BCUT2D eigenvalue weighted by molar-refractivity contribution is 6.06. The van der Waals surface area contributed by atoms with Crippen molar-refractivity contribution in [3.05, 3.63) is 96.1 Å². The number of carbonyl (C=O) groups excluding carboxylic acids is 2. The number of nitrogens with two attached hydrogens (primary N) is 1. The highest BCUT2D eigenvalue weighted by atomic mass is 16.5. The second-order valence-electron chi connectivity index (χ2n) is 8.68. The summed E-state index contributed by atoms with van der Waals surface area (Å²) in [7, 11) is 4.47. The standard InChI is InChI=1S/C30H30N4O6/c1-38-26-15-13-22(17-28(26)40-3)34(30(37)32-21-12-14-25(35)27(16-21)39-2)18-19-8-10-20(11-9-19)29(36)33-24-7-5-4-6-23(24)31/h4-17,35H,18,31H2,1-3H3,(H,32,37)(H,33,36). The van der Waals surface area contributed by atoms with Gasteiger partial charge in [-0.05, 0) is 54.1 Å². The van der Waals surface area contributed by atoms with E-state index in [1.807, 2.05) is 0 Å². The lowest BCUT2D eigenvalue weighted by Gasteiger charge is -2.24. The third kappa shape index (κ3) is 6.36. The fourth-order valence-corrected chi connectivity index (χ4v) is 3.97. The number of benzene rings is 4. The second-order valence-corrected chi connectivity index (χ2v) is 8.68. The number of aromatic hydroxyl groups is 1. The van der Waals surface area contributed by atoms with Crippen LogP contribution < -0.4 is 35.5 Å². The fraction of sp³-hybridized carbons (Fsp3) is 0.133. The normalized spacial score (nSPS) is 10.4. The summed E-state index contributed by atoms with van der Waals surface area (Å²) in [6.07, 6.45) is 0. The quantitative estimate of drug-likeness (QED) is 0.162. The van der Waals surface area contributed by atoms with Gasteiger partial charge in [0.05, 0.1) is 39.2 Å². The molecule has 0 spiro atoms. The zero-order valence-electron chi connectivity index (χ0n) is 22.3. The first-order valence-electron chi connectivity index (χ1n) is 12.2. The van der Waals surface area contributed by atoms with Crippen LogP contribution in [0.15, 0.2) is 84.9 Å². The average Bonchev–Trinajstić information content (AvgIpc) is 2.97.